The van der Waals surface area contributed by atoms with Gasteiger partial charge in [0.15, 0.2) is 5.13 Å². The first kappa shape index (κ1) is 25.5. The topological polar surface area (TPSA) is 119 Å². The molecule has 0 unspecified atom stereocenters. The van der Waals surface area contributed by atoms with E-state index in [1.54, 1.807) is 6.92 Å². The first-order valence-corrected chi connectivity index (χ1v) is 13.5. The molecule has 33 heavy (non-hydrogen) atoms. The zero-order chi connectivity index (χ0) is 23.8. The number of hydrogen-bond acceptors (Lipinski definition) is 12. The molecule has 0 aliphatic carbocycles. The van der Waals surface area contributed by atoms with Crippen molar-refractivity contribution in [3.63, 3.8) is 0 Å². The molecule has 1 fully saturated rings. The molecule has 0 radical (unpaired) electrons. The molecule has 182 valence electrons. The fourth-order valence-electron chi connectivity index (χ4n) is 3.31. The summed E-state index contributed by atoms with van der Waals surface area (Å²) >= 11 is 1.24. The van der Waals surface area contributed by atoms with Gasteiger partial charge >= 0.3 is 13.6 Å². The lowest BCUT2D eigenvalue weighted by Crippen LogP contribution is -2.47. The average molecular weight is 499 g/mol. The van der Waals surface area contributed by atoms with Gasteiger partial charge in [-0.1, -0.05) is 18.3 Å². The van der Waals surface area contributed by atoms with Gasteiger partial charge in [-0.2, -0.15) is 0 Å². The van der Waals surface area contributed by atoms with Gasteiger partial charge in [0.05, 0.1) is 19.4 Å². The summed E-state index contributed by atoms with van der Waals surface area (Å²) < 4.78 is 28.8. The maximum Gasteiger partial charge on any atom is 0.344 e. The SMILES string of the molecule is CCOP(=O)(CN1CCN(c2cc(Nc3ncc(OC(=O)CC)s3)nc(C)n2)CC1)OCC. The largest absolute Gasteiger partial charge is 0.414 e. The quantitative estimate of drug-likeness (QED) is 0.361. The molecule has 0 saturated carbocycles. The van der Waals surface area contributed by atoms with Crippen LogP contribution in [0.25, 0.3) is 0 Å². The molecule has 3 heterocycles. The molecule has 0 aromatic carbocycles. The Morgan fingerprint density at radius 3 is 2.48 bits per heavy atom. The van der Waals surface area contributed by atoms with E-state index in [1.807, 2.05) is 26.8 Å². The number of thiazole rings is 1. The van der Waals surface area contributed by atoms with E-state index >= 15 is 0 Å². The molecular weight excluding hydrogens is 467 g/mol. The maximum atomic E-state index is 12.8. The van der Waals surface area contributed by atoms with Crippen LogP contribution in [0.2, 0.25) is 0 Å². The van der Waals surface area contributed by atoms with E-state index in [0.717, 1.165) is 18.9 Å². The third kappa shape index (κ3) is 7.44. The van der Waals surface area contributed by atoms with Gasteiger partial charge in [-0.3, -0.25) is 14.3 Å². The number of anilines is 3. The molecule has 0 bridgehead atoms. The second kappa shape index (κ2) is 11.8. The van der Waals surface area contributed by atoms with Crippen molar-refractivity contribution in [1.82, 2.24) is 19.9 Å². The van der Waals surface area contributed by atoms with E-state index in [9.17, 15) is 9.36 Å². The van der Waals surface area contributed by atoms with Crippen LogP contribution < -0.4 is 15.0 Å². The van der Waals surface area contributed by atoms with Gasteiger partial charge in [-0.25, -0.2) is 15.0 Å². The van der Waals surface area contributed by atoms with Crippen LogP contribution in [0, 0.1) is 6.92 Å². The van der Waals surface area contributed by atoms with Crippen molar-refractivity contribution in [3.05, 3.63) is 18.1 Å². The van der Waals surface area contributed by atoms with Gasteiger partial charge in [0.1, 0.15) is 23.7 Å². The third-order valence-electron chi connectivity index (χ3n) is 4.77. The van der Waals surface area contributed by atoms with Crippen molar-refractivity contribution >= 4 is 41.7 Å². The molecule has 2 aromatic heterocycles. The molecule has 3 rings (SSSR count). The van der Waals surface area contributed by atoms with Crippen LogP contribution in [0.5, 0.6) is 5.06 Å². The van der Waals surface area contributed by atoms with E-state index in [-0.39, 0.29) is 12.3 Å². The van der Waals surface area contributed by atoms with Crippen molar-refractivity contribution < 1.29 is 23.1 Å². The van der Waals surface area contributed by atoms with Crippen LogP contribution in [0.4, 0.5) is 16.8 Å². The third-order valence-corrected chi connectivity index (χ3v) is 7.61. The molecule has 1 saturated heterocycles. The number of carbonyl (C=O) groups excluding carboxylic acids is 1. The first-order valence-electron chi connectivity index (χ1n) is 11.0. The van der Waals surface area contributed by atoms with Crippen molar-refractivity contribution in [1.29, 1.82) is 0 Å². The molecular formula is C20H31N6O5PS. The smallest absolute Gasteiger partial charge is 0.344 e. The molecule has 11 nitrogen and oxygen atoms in total. The molecule has 2 aromatic rings. The summed E-state index contributed by atoms with van der Waals surface area (Å²) in [5.74, 6) is 1.74. The summed E-state index contributed by atoms with van der Waals surface area (Å²) in [4.78, 5) is 29.0. The Hall–Kier alpha value is -2.11. The predicted octanol–water partition coefficient (Wildman–Crippen LogP) is 3.65. The minimum Gasteiger partial charge on any atom is -0.414 e. The van der Waals surface area contributed by atoms with Crippen LogP contribution in [-0.2, 0) is 18.4 Å². The fraction of sp³-hybridized carbons (Fsp3) is 0.600. The molecule has 0 amide bonds. The highest BCUT2D eigenvalue weighted by molar-refractivity contribution is 7.53. The minimum atomic E-state index is -3.11. The summed E-state index contributed by atoms with van der Waals surface area (Å²) in [5, 5.41) is 4.17. The number of rotatable bonds is 11. The Labute approximate surface area is 198 Å². The van der Waals surface area contributed by atoms with E-state index in [2.05, 4.69) is 30.1 Å². The highest BCUT2D eigenvalue weighted by atomic mass is 32.1. The highest BCUT2D eigenvalue weighted by Crippen LogP contribution is 2.48. The molecule has 13 heteroatoms. The normalized spacial score (nSPS) is 15.0. The summed E-state index contributed by atoms with van der Waals surface area (Å²) in [6.07, 6.45) is 2.10. The molecule has 0 spiro atoms. The van der Waals surface area contributed by atoms with E-state index in [1.165, 1.54) is 17.5 Å². The zero-order valence-corrected chi connectivity index (χ0v) is 21.2. The van der Waals surface area contributed by atoms with Gasteiger partial charge in [0, 0.05) is 38.7 Å². The lowest BCUT2D eigenvalue weighted by molar-refractivity contribution is -0.133. The Kier molecular flexibility index (Phi) is 9.16. The lowest BCUT2D eigenvalue weighted by atomic mass is 10.3. The van der Waals surface area contributed by atoms with Gasteiger partial charge in [-0.05, 0) is 20.8 Å². The van der Waals surface area contributed by atoms with Crippen molar-refractivity contribution in [2.24, 2.45) is 0 Å². The molecule has 1 N–H and O–H groups in total. The number of nitrogens with one attached hydrogen (secondary N) is 1. The first-order chi connectivity index (χ1) is 15.8. The minimum absolute atomic E-state index is 0.285. The fourth-order valence-corrected chi connectivity index (χ4v) is 5.80. The summed E-state index contributed by atoms with van der Waals surface area (Å²) in [7, 11) is -3.11. The Balaban J connectivity index is 1.61. The van der Waals surface area contributed by atoms with Gasteiger partial charge in [-0.15, -0.1) is 0 Å². The van der Waals surface area contributed by atoms with Crippen LogP contribution in [-0.4, -0.2) is 71.5 Å². The second-order valence-corrected chi connectivity index (χ2v) is 10.3. The standard InChI is InChI=1S/C20H31N6O5PS/c1-5-18(27)31-19-13-21-20(33-19)24-16-12-17(23-15(4)22-16)26-10-8-25(9-11-26)14-32(28,29-6-2)30-7-3/h12-13H,5-11,14H2,1-4H3,(H,21,22,23,24). The molecule has 1 aliphatic rings. The Morgan fingerprint density at radius 1 is 1.15 bits per heavy atom. The van der Waals surface area contributed by atoms with Gasteiger partial charge in [0.2, 0.25) is 5.06 Å². The average Bonchev–Trinajstić information content (AvgIpc) is 3.20. The summed E-state index contributed by atoms with van der Waals surface area (Å²) in [5.41, 5.74) is 0. The van der Waals surface area contributed by atoms with Crippen molar-refractivity contribution in [3.8, 4) is 5.06 Å². The molecule has 1 aliphatic heterocycles. The van der Waals surface area contributed by atoms with Crippen LogP contribution in [0.3, 0.4) is 0 Å². The van der Waals surface area contributed by atoms with E-state index in [4.69, 9.17) is 13.8 Å². The number of piperazine rings is 1. The Morgan fingerprint density at radius 2 is 1.85 bits per heavy atom. The number of aryl methyl sites for hydroxylation is 1. The van der Waals surface area contributed by atoms with Crippen LogP contribution in [0.15, 0.2) is 12.3 Å². The van der Waals surface area contributed by atoms with Crippen LogP contribution >= 0.6 is 18.9 Å². The van der Waals surface area contributed by atoms with E-state index in [0.29, 0.717) is 54.6 Å². The second-order valence-electron chi connectivity index (χ2n) is 7.29. The maximum absolute atomic E-state index is 12.8. The van der Waals surface area contributed by atoms with Crippen molar-refractivity contribution in [2.75, 3.05) is 55.9 Å². The predicted molar refractivity (Wildman–Crippen MR) is 128 cm³/mol. The zero-order valence-electron chi connectivity index (χ0n) is 19.4. The Bertz CT molecular complexity index is 972. The van der Waals surface area contributed by atoms with Crippen molar-refractivity contribution in [2.45, 2.75) is 34.1 Å². The number of hydrogen-bond donors (Lipinski definition) is 1. The number of aromatic nitrogens is 3. The van der Waals surface area contributed by atoms with Gasteiger partial charge < -0.3 is 24.0 Å². The van der Waals surface area contributed by atoms with Gasteiger partial charge in [0.25, 0.3) is 0 Å². The van der Waals surface area contributed by atoms with Crippen LogP contribution in [0.1, 0.15) is 33.0 Å². The highest BCUT2D eigenvalue weighted by Gasteiger charge is 2.29. The molecule has 0 atom stereocenters. The summed E-state index contributed by atoms with van der Waals surface area (Å²) in [6, 6.07) is 1.87. The number of nitrogens with zero attached hydrogens (tertiary/aromatic N) is 5. The lowest BCUT2D eigenvalue weighted by Gasteiger charge is -2.36. The number of ether oxygens (including phenoxy) is 1. The van der Waals surface area contributed by atoms with E-state index < -0.39 is 7.60 Å². The monoisotopic (exact) mass is 498 g/mol. The number of esters is 1. The number of carbonyl (C=O) groups is 1. The summed E-state index contributed by atoms with van der Waals surface area (Å²) in [6.45, 7) is 10.8.